The van der Waals surface area contributed by atoms with Gasteiger partial charge in [0.25, 0.3) is 5.91 Å². The molecule has 1 aromatic carbocycles. The van der Waals surface area contributed by atoms with Gasteiger partial charge in [0.05, 0.1) is 6.61 Å². The second-order valence-corrected chi connectivity index (χ2v) is 4.66. The molecule has 0 radical (unpaired) electrons. The van der Waals surface area contributed by atoms with Gasteiger partial charge in [0.2, 0.25) is 0 Å². The molecule has 1 aliphatic heterocycles. The lowest BCUT2D eigenvalue weighted by Crippen LogP contribution is -2.32. The molecule has 2 rings (SSSR count). The van der Waals surface area contributed by atoms with E-state index in [1.165, 1.54) is 0 Å². The van der Waals surface area contributed by atoms with Gasteiger partial charge in [0.1, 0.15) is 5.75 Å². The van der Waals surface area contributed by atoms with E-state index in [1.807, 2.05) is 0 Å². The normalized spacial score (nSPS) is 14.9. The standard InChI is InChI=1S/C13H16ClNO3/c14-11-4-3-5-12(10(11)8-16)18-9-13(17)15-6-1-2-7-15/h3-5,16H,1-2,6-9H2. The Kier molecular flexibility index (Phi) is 4.44. The predicted molar refractivity (Wildman–Crippen MR) is 68.7 cm³/mol. The number of aliphatic hydroxyl groups excluding tert-OH is 1. The molecule has 0 aromatic heterocycles. The Balaban J connectivity index is 1.97. The molecule has 1 aliphatic rings. The van der Waals surface area contributed by atoms with Crippen LogP contribution in [0.2, 0.25) is 5.02 Å². The summed E-state index contributed by atoms with van der Waals surface area (Å²) in [7, 11) is 0. The van der Waals surface area contributed by atoms with E-state index in [2.05, 4.69) is 0 Å². The largest absolute Gasteiger partial charge is 0.483 e. The van der Waals surface area contributed by atoms with E-state index < -0.39 is 0 Å². The SMILES string of the molecule is O=C(COc1cccc(Cl)c1CO)N1CCCC1. The maximum Gasteiger partial charge on any atom is 0.260 e. The quantitative estimate of drug-likeness (QED) is 0.907. The van der Waals surface area contributed by atoms with Crippen molar-refractivity contribution in [2.24, 2.45) is 0 Å². The number of carbonyl (C=O) groups is 1. The molecule has 4 nitrogen and oxygen atoms in total. The Morgan fingerprint density at radius 3 is 2.78 bits per heavy atom. The van der Waals surface area contributed by atoms with Gasteiger partial charge >= 0.3 is 0 Å². The molecule has 1 fully saturated rings. The Labute approximate surface area is 111 Å². The van der Waals surface area contributed by atoms with Gasteiger partial charge in [-0.15, -0.1) is 0 Å². The first-order chi connectivity index (χ1) is 8.72. The fraction of sp³-hybridized carbons (Fsp3) is 0.462. The monoisotopic (exact) mass is 269 g/mol. The molecule has 0 spiro atoms. The smallest absolute Gasteiger partial charge is 0.260 e. The van der Waals surface area contributed by atoms with E-state index >= 15 is 0 Å². The molecule has 1 heterocycles. The zero-order valence-electron chi connectivity index (χ0n) is 10.1. The predicted octanol–water partition coefficient (Wildman–Crippen LogP) is 1.83. The Morgan fingerprint density at radius 2 is 2.11 bits per heavy atom. The van der Waals surface area contributed by atoms with Crippen molar-refractivity contribution in [1.82, 2.24) is 4.90 Å². The van der Waals surface area contributed by atoms with Crippen molar-refractivity contribution in [3.63, 3.8) is 0 Å². The number of rotatable bonds is 4. The van der Waals surface area contributed by atoms with Crippen LogP contribution < -0.4 is 4.74 Å². The number of aliphatic hydroxyl groups is 1. The van der Waals surface area contributed by atoms with E-state index in [-0.39, 0.29) is 19.1 Å². The minimum absolute atomic E-state index is 0.00660. The fourth-order valence-electron chi connectivity index (χ4n) is 2.02. The van der Waals surface area contributed by atoms with Gasteiger partial charge in [-0.25, -0.2) is 0 Å². The summed E-state index contributed by atoms with van der Waals surface area (Å²) in [6, 6.07) is 5.12. The molecule has 0 atom stereocenters. The van der Waals surface area contributed by atoms with Crippen LogP contribution in [-0.2, 0) is 11.4 Å². The summed E-state index contributed by atoms with van der Waals surface area (Å²) in [6.45, 7) is 1.41. The number of nitrogens with zero attached hydrogens (tertiary/aromatic N) is 1. The van der Waals surface area contributed by atoms with Crippen LogP contribution in [0.5, 0.6) is 5.75 Å². The highest BCUT2D eigenvalue weighted by Gasteiger charge is 2.18. The van der Waals surface area contributed by atoms with Crippen LogP contribution in [0, 0.1) is 0 Å². The Bertz CT molecular complexity index is 430. The van der Waals surface area contributed by atoms with Crippen molar-refractivity contribution >= 4 is 17.5 Å². The van der Waals surface area contributed by atoms with Gasteiger partial charge in [-0.1, -0.05) is 17.7 Å². The zero-order valence-corrected chi connectivity index (χ0v) is 10.8. The molecule has 5 heteroatoms. The van der Waals surface area contributed by atoms with Crippen molar-refractivity contribution in [1.29, 1.82) is 0 Å². The Hall–Kier alpha value is -1.26. The van der Waals surface area contributed by atoms with Crippen LogP contribution in [0.3, 0.4) is 0 Å². The summed E-state index contributed by atoms with van der Waals surface area (Å²) in [5.41, 5.74) is 0.522. The summed E-state index contributed by atoms with van der Waals surface area (Å²) in [6.07, 6.45) is 2.12. The first-order valence-electron chi connectivity index (χ1n) is 6.01. The molecule has 0 unspecified atom stereocenters. The second kappa shape index (κ2) is 6.07. The third-order valence-corrected chi connectivity index (χ3v) is 3.40. The molecule has 18 heavy (non-hydrogen) atoms. The van der Waals surface area contributed by atoms with Crippen molar-refractivity contribution in [3.8, 4) is 5.75 Å². The fourth-order valence-corrected chi connectivity index (χ4v) is 2.25. The molecule has 1 aromatic rings. The molecule has 0 aliphatic carbocycles. The summed E-state index contributed by atoms with van der Waals surface area (Å²) in [5.74, 6) is 0.453. The lowest BCUT2D eigenvalue weighted by atomic mass is 10.2. The van der Waals surface area contributed by atoms with Crippen molar-refractivity contribution < 1.29 is 14.6 Å². The van der Waals surface area contributed by atoms with Gasteiger partial charge in [0, 0.05) is 23.7 Å². The molecular weight excluding hydrogens is 254 g/mol. The summed E-state index contributed by atoms with van der Waals surface area (Å²) in [4.78, 5) is 13.6. The molecule has 1 saturated heterocycles. The van der Waals surface area contributed by atoms with E-state index in [4.69, 9.17) is 16.3 Å². The first kappa shape index (κ1) is 13.2. The van der Waals surface area contributed by atoms with Crippen molar-refractivity contribution in [2.45, 2.75) is 19.4 Å². The lowest BCUT2D eigenvalue weighted by Gasteiger charge is -2.16. The van der Waals surface area contributed by atoms with E-state index in [9.17, 15) is 9.90 Å². The van der Waals surface area contributed by atoms with Gasteiger partial charge in [0.15, 0.2) is 6.61 Å². The third-order valence-electron chi connectivity index (χ3n) is 3.04. The average Bonchev–Trinajstić information content (AvgIpc) is 2.90. The van der Waals surface area contributed by atoms with Crippen LogP contribution in [-0.4, -0.2) is 35.6 Å². The van der Waals surface area contributed by atoms with Crippen LogP contribution in [0.4, 0.5) is 0 Å². The summed E-state index contributed by atoms with van der Waals surface area (Å²) >= 11 is 5.94. The number of halogens is 1. The number of hydrogen-bond acceptors (Lipinski definition) is 3. The second-order valence-electron chi connectivity index (χ2n) is 4.25. The van der Waals surface area contributed by atoms with Crippen molar-refractivity contribution in [3.05, 3.63) is 28.8 Å². The minimum atomic E-state index is -0.201. The maximum atomic E-state index is 11.8. The summed E-state index contributed by atoms with van der Waals surface area (Å²) < 4.78 is 5.45. The molecule has 1 N–H and O–H groups in total. The van der Waals surface area contributed by atoms with Gasteiger partial charge in [-0.2, -0.15) is 0 Å². The average molecular weight is 270 g/mol. The summed E-state index contributed by atoms with van der Waals surface area (Å²) in [5, 5.41) is 9.66. The number of amides is 1. The molecule has 98 valence electrons. The maximum absolute atomic E-state index is 11.8. The van der Waals surface area contributed by atoms with Gasteiger partial charge in [-0.05, 0) is 25.0 Å². The molecular formula is C13H16ClNO3. The third kappa shape index (κ3) is 2.94. The van der Waals surface area contributed by atoms with E-state index in [0.29, 0.717) is 16.3 Å². The first-order valence-corrected chi connectivity index (χ1v) is 6.39. The number of carbonyl (C=O) groups excluding carboxylic acids is 1. The van der Waals surface area contributed by atoms with Crippen LogP contribution in [0.25, 0.3) is 0 Å². The number of ether oxygens (including phenoxy) is 1. The van der Waals surface area contributed by atoms with Gasteiger partial charge in [-0.3, -0.25) is 4.79 Å². The number of hydrogen-bond donors (Lipinski definition) is 1. The highest BCUT2D eigenvalue weighted by atomic mass is 35.5. The van der Waals surface area contributed by atoms with Crippen LogP contribution >= 0.6 is 11.6 Å². The molecule has 0 saturated carbocycles. The van der Waals surface area contributed by atoms with E-state index in [0.717, 1.165) is 25.9 Å². The topological polar surface area (TPSA) is 49.8 Å². The van der Waals surface area contributed by atoms with Gasteiger partial charge < -0.3 is 14.7 Å². The lowest BCUT2D eigenvalue weighted by molar-refractivity contribution is -0.132. The highest BCUT2D eigenvalue weighted by molar-refractivity contribution is 6.31. The Morgan fingerprint density at radius 1 is 1.39 bits per heavy atom. The van der Waals surface area contributed by atoms with Crippen LogP contribution in [0.1, 0.15) is 18.4 Å². The number of benzene rings is 1. The number of likely N-dealkylation sites (tertiary alicyclic amines) is 1. The van der Waals surface area contributed by atoms with Crippen molar-refractivity contribution in [2.75, 3.05) is 19.7 Å². The minimum Gasteiger partial charge on any atom is -0.483 e. The zero-order chi connectivity index (χ0) is 13.0. The van der Waals surface area contributed by atoms with Crippen LogP contribution in [0.15, 0.2) is 18.2 Å². The molecule has 1 amide bonds. The molecule has 0 bridgehead atoms. The van der Waals surface area contributed by atoms with E-state index in [1.54, 1.807) is 23.1 Å². The highest BCUT2D eigenvalue weighted by Crippen LogP contribution is 2.26.